The average Bonchev–Trinajstić information content (AvgIpc) is 2.99. The molecule has 0 amide bonds. The molecule has 0 aromatic carbocycles. The van der Waals surface area contributed by atoms with Crippen LogP contribution in [0.2, 0.25) is 0 Å². The van der Waals surface area contributed by atoms with E-state index in [-0.39, 0.29) is 30.2 Å². The maximum Gasteiger partial charge on any atom is 0.310 e. The van der Waals surface area contributed by atoms with Crippen LogP contribution in [-0.4, -0.2) is 47.2 Å². The first-order valence-corrected chi connectivity index (χ1v) is 16.9. The van der Waals surface area contributed by atoms with Crippen molar-refractivity contribution in [1.82, 2.24) is 0 Å². The van der Waals surface area contributed by atoms with Gasteiger partial charge < -0.3 is 14.6 Å². The third kappa shape index (κ3) is 7.80. The van der Waals surface area contributed by atoms with E-state index in [9.17, 15) is 20.0 Å². The van der Waals surface area contributed by atoms with E-state index in [4.69, 9.17) is 9.47 Å². The molecule has 0 aromatic rings. The minimum Gasteiger partial charge on any atom is -0.481 e. The minimum absolute atomic E-state index is 0.118. The standard InChI is InChI=1S/C33H54O7/c34-32(35)29-18-13-24(22-7-3-1-4-8-22)19-30(29)33(36)40-28-16-14-27(15-17-28)39-31-20-25(11-12-26(31)21-38-37)23-9-5-2-6-10-23/h22-31,37H,1-21H2,(H,34,35). The second-order valence-corrected chi connectivity index (χ2v) is 14.1. The zero-order valence-electron chi connectivity index (χ0n) is 24.6. The predicted octanol–water partition coefficient (Wildman–Crippen LogP) is 7.41. The summed E-state index contributed by atoms with van der Waals surface area (Å²) in [6.07, 6.45) is 21.9. The van der Waals surface area contributed by atoms with Gasteiger partial charge in [-0.15, -0.1) is 0 Å². The first-order valence-electron chi connectivity index (χ1n) is 16.9. The maximum absolute atomic E-state index is 13.4. The van der Waals surface area contributed by atoms with E-state index in [2.05, 4.69) is 4.89 Å². The van der Waals surface area contributed by atoms with Gasteiger partial charge in [0.25, 0.3) is 0 Å². The van der Waals surface area contributed by atoms with Crippen LogP contribution >= 0.6 is 0 Å². The highest BCUT2D eigenvalue weighted by Crippen LogP contribution is 2.44. The van der Waals surface area contributed by atoms with Gasteiger partial charge in [-0.1, -0.05) is 64.2 Å². The van der Waals surface area contributed by atoms with Crippen LogP contribution in [0.3, 0.4) is 0 Å². The molecule has 5 rings (SSSR count). The monoisotopic (exact) mass is 562 g/mol. The molecule has 0 spiro atoms. The Labute approximate surface area is 241 Å². The van der Waals surface area contributed by atoms with Crippen LogP contribution in [0.25, 0.3) is 0 Å². The fourth-order valence-corrected chi connectivity index (χ4v) is 9.29. The SMILES string of the molecule is O=C(O)C1CCC(C2CCCCC2)CC1C(=O)OC1CCC(OC2CC(C3CCCCC3)CCC2COO)CC1. The highest BCUT2D eigenvalue weighted by Gasteiger charge is 2.43. The number of carboxylic acid groups (broad SMARTS) is 1. The number of carbonyl (C=O) groups excluding carboxylic acids is 1. The van der Waals surface area contributed by atoms with E-state index >= 15 is 0 Å². The van der Waals surface area contributed by atoms with Gasteiger partial charge in [-0.2, -0.15) is 0 Å². The third-order valence-electron chi connectivity index (χ3n) is 11.7. The van der Waals surface area contributed by atoms with E-state index < -0.39 is 17.8 Å². The largest absolute Gasteiger partial charge is 0.481 e. The van der Waals surface area contributed by atoms with Crippen LogP contribution in [0.15, 0.2) is 0 Å². The Hall–Kier alpha value is -1.18. The van der Waals surface area contributed by atoms with Crippen molar-refractivity contribution in [3.05, 3.63) is 0 Å². The van der Waals surface area contributed by atoms with Gasteiger partial charge in [0.05, 0.1) is 30.7 Å². The van der Waals surface area contributed by atoms with Crippen molar-refractivity contribution < 1.29 is 34.3 Å². The van der Waals surface area contributed by atoms with Crippen LogP contribution < -0.4 is 0 Å². The molecular weight excluding hydrogens is 508 g/mol. The summed E-state index contributed by atoms with van der Waals surface area (Å²) in [5.41, 5.74) is 0. The van der Waals surface area contributed by atoms with Crippen molar-refractivity contribution in [1.29, 1.82) is 0 Å². The van der Waals surface area contributed by atoms with E-state index in [1.807, 2.05) is 0 Å². The molecular formula is C33H54O7. The molecule has 0 aromatic heterocycles. The molecule has 0 radical (unpaired) electrons. The number of rotatable bonds is 9. The van der Waals surface area contributed by atoms with E-state index in [0.29, 0.717) is 37.2 Å². The van der Waals surface area contributed by atoms with Crippen molar-refractivity contribution in [2.75, 3.05) is 6.61 Å². The van der Waals surface area contributed by atoms with Crippen LogP contribution in [0.4, 0.5) is 0 Å². The smallest absolute Gasteiger partial charge is 0.310 e. The summed E-state index contributed by atoms with van der Waals surface area (Å²) in [5, 5.41) is 19.0. The molecule has 5 aliphatic carbocycles. The van der Waals surface area contributed by atoms with Crippen molar-refractivity contribution in [3.8, 4) is 0 Å². The lowest BCUT2D eigenvalue weighted by Gasteiger charge is -2.42. The molecule has 5 saturated carbocycles. The summed E-state index contributed by atoms with van der Waals surface area (Å²) < 4.78 is 12.7. The molecule has 0 bridgehead atoms. The molecule has 5 aliphatic rings. The molecule has 2 N–H and O–H groups in total. The molecule has 0 saturated heterocycles. The van der Waals surface area contributed by atoms with Crippen molar-refractivity contribution in [3.63, 3.8) is 0 Å². The van der Waals surface area contributed by atoms with Gasteiger partial charge >= 0.3 is 11.9 Å². The lowest BCUT2D eigenvalue weighted by molar-refractivity contribution is -0.262. The number of hydrogen-bond acceptors (Lipinski definition) is 6. The molecule has 7 heteroatoms. The number of carboxylic acids is 1. The zero-order chi connectivity index (χ0) is 27.9. The fraction of sp³-hybridized carbons (Fsp3) is 0.939. The third-order valence-corrected chi connectivity index (χ3v) is 11.7. The number of ether oxygens (including phenoxy) is 2. The normalized spacial score (nSPS) is 38.5. The number of aliphatic carboxylic acids is 1. The average molecular weight is 563 g/mol. The highest BCUT2D eigenvalue weighted by atomic mass is 17.1. The highest BCUT2D eigenvalue weighted by molar-refractivity contribution is 5.81. The Morgan fingerprint density at radius 3 is 1.77 bits per heavy atom. The molecule has 228 valence electrons. The van der Waals surface area contributed by atoms with Crippen molar-refractivity contribution in [2.45, 2.75) is 147 Å². The summed E-state index contributed by atoms with van der Waals surface area (Å²) in [4.78, 5) is 30.0. The molecule has 7 nitrogen and oxygen atoms in total. The predicted molar refractivity (Wildman–Crippen MR) is 152 cm³/mol. The Bertz CT molecular complexity index is 797. The van der Waals surface area contributed by atoms with Gasteiger partial charge in [-0.3, -0.25) is 14.8 Å². The van der Waals surface area contributed by atoms with E-state index in [0.717, 1.165) is 50.9 Å². The van der Waals surface area contributed by atoms with E-state index in [1.165, 1.54) is 70.6 Å². The molecule has 0 heterocycles. The summed E-state index contributed by atoms with van der Waals surface area (Å²) in [6.45, 7) is 0.336. The summed E-state index contributed by atoms with van der Waals surface area (Å²) in [6, 6.07) is 0. The Morgan fingerprint density at radius 1 is 0.600 bits per heavy atom. The molecule has 40 heavy (non-hydrogen) atoms. The Balaban J connectivity index is 1.11. The molecule has 5 fully saturated rings. The molecule has 6 unspecified atom stereocenters. The van der Waals surface area contributed by atoms with Crippen LogP contribution in [0.1, 0.15) is 128 Å². The summed E-state index contributed by atoms with van der Waals surface area (Å²) >= 11 is 0. The van der Waals surface area contributed by atoms with Crippen LogP contribution in [-0.2, 0) is 24.0 Å². The first-order chi connectivity index (χ1) is 19.5. The maximum atomic E-state index is 13.4. The van der Waals surface area contributed by atoms with Crippen molar-refractivity contribution >= 4 is 11.9 Å². The number of hydrogen-bond donors (Lipinski definition) is 2. The Kier molecular flexibility index (Phi) is 11.2. The quantitative estimate of drug-likeness (QED) is 0.171. The molecule has 0 aliphatic heterocycles. The van der Waals surface area contributed by atoms with Gasteiger partial charge in [0.15, 0.2) is 0 Å². The number of esters is 1. The summed E-state index contributed by atoms with van der Waals surface area (Å²) in [5.74, 6) is 0.626. The lowest BCUT2D eigenvalue weighted by Crippen LogP contribution is -2.42. The van der Waals surface area contributed by atoms with Crippen LogP contribution in [0.5, 0.6) is 0 Å². The minimum atomic E-state index is -0.846. The van der Waals surface area contributed by atoms with Gasteiger partial charge in [-0.25, -0.2) is 4.89 Å². The Morgan fingerprint density at radius 2 is 1.18 bits per heavy atom. The number of carbonyl (C=O) groups is 2. The van der Waals surface area contributed by atoms with E-state index in [1.54, 1.807) is 0 Å². The van der Waals surface area contributed by atoms with Crippen molar-refractivity contribution in [2.24, 2.45) is 41.4 Å². The van der Waals surface area contributed by atoms with Gasteiger partial charge in [-0.05, 0) is 87.9 Å². The van der Waals surface area contributed by atoms with Gasteiger partial charge in [0.2, 0.25) is 0 Å². The fourth-order valence-electron chi connectivity index (χ4n) is 9.29. The van der Waals surface area contributed by atoms with Crippen LogP contribution in [0, 0.1) is 41.4 Å². The topological polar surface area (TPSA) is 102 Å². The lowest BCUT2D eigenvalue weighted by atomic mass is 9.67. The zero-order valence-corrected chi connectivity index (χ0v) is 24.6. The summed E-state index contributed by atoms with van der Waals surface area (Å²) in [7, 11) is 0. The van der Waals surface area contributed by atoms with Gasteiger partial charge in [0, 0.05) is 5.92 Å². The first kappa shape index (κ1) is 30.3. The second-order valence-electron chi connectivity index (χ2n) is 14.1. The molecule has 6 atom stereocenters. The van der Waals surface area contributed by atoms with Gasteiger partial charge in [0.1, 0.15) is 6.10 Å². The second kappa shape index (κ2) is 14.8.